The third-order valence-corrected chi connectivity index (χ3v) is 7.47. The van der Waals surface area contributed by atoms with Crippen LogP contribution in [0.25, 0.3) is 0 Å². The number of halogens is 1. The Morgan fingerprint density at radius 3 is 2.51 bits per heavy atom. The molecule has 7 nitrogen and oxygen atoms in total. The Morgan fingerprint density at radius 1 is 1.14 bits per heavy atom. The monoisotopic (exact) mass is 520 g/mol. The summed E-state index contributed by atoms with van der Waals surface area (Å²) in [6.07, 6.45) is 1.02. The van der Waals surface area contributed by atoms with E-state index >= 15 is 0 Å². The summed E-state index contributed by atoms with van der Waals surface area (Å²) in [5.41, 5.74) is 3.27. The number of carboxylic acids is 1. The van der Waals surface area contributed by atoms with Crippen molar-refractivity contribution in [3.05, 3.63) is 81.9 Å². The molecular formula is C29H29ClN2O5. The van der Waals surface area contributed by atoms with Gasteiger partial charge in [-0.05, 0) is 79.8 Å². The lowest BCUT2D eigenvalue weighted by Gasteiger charge is -2.33. The van der Waals surface area contributed by atoms with Crippen LogP contribution < -0.4 is 19.7 Å². The summed E-state index contributed by atoms with van der Waals surface area (Å²) in [5, 5.41) is 12.8. The normalized spacial score (nSPS) is 17.4. The maximum absolute atomic E-state index is 13.2. The van der Waals surface area contributed by atoms with Gasteiger partial charge in [-0.15, -0.1) is 0 Å². The summed E-state index contributed by atoms with van der Waals surface area (Å²) < 4.78 is 12.2. The van der Waals surface area contributed by atoms with Crippen molar-refractivity contribution in [2.24, 2.45) is 0 Å². The number of rotatable bonds is 7. The van der Waals surface area contributed by atoms with Gasteiger partial charge in [-0.2, -0.15) is 0 Å². The lowest BCUT2D eigenvalue weighted by molar-refractivity contribution is -0.140. The first-order chi connectivity index (χ1) is 17.7. The van der Waals surface area contributed by atoms with E-state index in [1.165, 1.54) is 0 Å². The molecule has 0 saturated heterocycles. The number of benzene rings is 3. The van der Waals surface area contributed by atoms with Gasteiger partial charge in [0.1, 0.15) is 24.2 Å². The maximum atomic E-state index is 13.2. The van der Waals surface area contributed by atoms with Crippen LogP contribution in [0, 0.1) is 13.8 Å². The zero-order valence-electron chi connectivity index (χ0n) is 21.0. The summed E-state index contributed by atoms with van der Waals surface area (Å²) in [6, 6.07) is 16.6. The minimum absolute atomic E-state index is 0.126. The number of carbonyl (C=O) groups excluding carboxylic acids is 1. The first-order valence-corrected chi connectivity index (χ1v) is 12.6. The Bertz CT molecular complexity index is 1360. The van der Waals surface area contributed by atoms with Crippen LogP contribution >= 0.6 is 11.6 Å². The van der Waals surface area contributed by atoms with Crippen LogP contribution in [0.3, 0.4) is 0 Å². The quantitative estimate of drug-likeness (QED) is 0.421. The first kappa shape index (κ1) is 25.0. The van der Waals surface area contributed by atoms with Crippen molar-refractivity contribution in [1.82, 2.24) is 0 Å². The number of anilines is 2. The van der Waals surface area contributed by atoms with Crippen molar-refractivity contribution in [1.29, 1.82) is 0 Å². The smallest absolute Gasteiger partial charge is 0.314 e. The second kappa shape index (κ2) is 9.63. The largest absolute Gasteiger partial charge is 0.490 e. The summed E-state index contributed by atoms with van der Waals surface area (Å²) in [5.74, 6) is 0.329. The molecule has 1 atom stereocenters. The fraction of sp³-hybridized carbons (Fsp3) is 0.310. The van der Waals surface area contributed by atoms with Gasteiger partial charge in [0.25, 0.3) is 5.91 Å². The van der Waals surface area contributed by atoms with Crippen LogP contribution in [-0.2, 0) is 10.2 Å². The Labute approximate surface area is 221 Å². The molecular weight excluding hydrogens is 492 g/mol. The third kappa shape index (κ3) is 4.83. The number of carboxylic acid groups (broad SMARTS) is 1. The molecule has 3 aromatic carbocycles. The van der Waals surface area contributed by atoms with Gasteiger partial charge in [-0.1, -0.05) is 29.8 Å². The molecule has 2 aliphatic rings. The molecule has 5 rings (SSSR count). The number of amides is 1. The standard InChI is InChI=1S/C29H29ClN2O5/c1-17-12-20(36-16-21-15-32(3)24-6-4-5-7-25(24)37-21)13-18(2)26(17)27(33)31-23-14-19(8-9-22(23)30)29(10-11-29)28(34)35/h4-9,12-14,21H,10-11,15-16H2,1-3H3,(H,31,33)(H,34,35)/t21-/m0/s1. The van der Waals surface area contributed by atoms with Crippen LogP contribution in [0.15, 0.2) is 54.6 Å². The number of fused-ring (bicyclic) bond motifs is 1. The van der Waals surface area contributed by atoms with E-state index in [2.05, 4.69) is 10.2 Å². The predicted octanol–water partition coefficient (Wildman–Crippen LogP) is 5.60. The Morgan fingerprint density at radius 2 is 1.84 bits per heavy atom. The first-order valence-electron chi connectivity index (χ1n) is 12.2. The Balaban J connectivity index is 1.28. The number of aryl methyl sites for hydroxylation is 2. The highest BCUT2D eigenvalue weighted by Gasteiger charge is 2.51. The molecule has 0 unspecified atom stereocenters. The average Bonchev–Trinajstić information content (AvgIpc) is 3.66. The highest BCUT2D eigenvalue weighted by molar-refractivity contribution is 6.34. The summed E-state index contributed by atoms with van der Waals surface area (Å²) in [7, 11) is 2.03. The summed E-state index contributed by atoms with van der Waals surface area (Å²) >= 11 is 6.34. The lowest BCUT2D eigenvalue weighted by atomic mass is 9.95. The molecule has 8 heteroatoms. The number of likely N-dealkylation sites (N-methyl/N-ethyl adjacent to an activating group) is 1. The number of hydrogen-bond acceptors (Lipinski definition) is 5. The SMILES string of the molecule is Cc1cc(OC[C@@H]2CN(C)c3ccccc3O2)cc(C)c1C(=O)Nc1cc(C2(C(=O)O)CC2)ccc1Cl. The van der Waals surface area contributed by atoms with E-state index in [9.17, 15) is 14.7 Å². The van der Waals surface area contributed by atoms with Crippen LogP contribution in [0.1, 0.15) is 39.9 Å². The van der Waals surface area contributed by atoms with Crippen molar-refractivity contribution >= 4 is 34.9 Å². The fourth-order valence-electron chi connectivity index (χ4n) is 4.99. The third-order valence-electron chi connectivity index (χ3n) is 7.14. The van der Waals surface area contributed by atoms with Gasteiger partial charge in [0.15, 0.2) is 0 Å². The number of nitrogens with one attached hydrogen (secondary N) is 1. The van der Waals surface area contributed by atoms with Crippen LogP contribution in [-0.4, -0.2) is 43.3 Å². The molecule has 1 heterocycles. The van der Waals surface area contributed by atoms with Crippen LogP contribution in [0.2, 0.25) is 5.02 Å². The van der Waals surface area contributed by atoms with Gasteiger partial charge in [-0.25, -0.2) is 0 Å². The topological polar surface area (TPSA) is 88.1 Å². The molecule has 2 N–H and O–H groups in total. The van der Waals surface area contributed by atoms with Gasteiger partial charge in [-0.3, -0.25) is 9.59 Å². The fourth-order valence-corrected chi connectivity index (χ4v) is 5.15. The molecule has 0 spiro atoms. The highest BCUT2D eigenvalue weighted by atomic mass is 35.5. The molecule has 1 aliphatic heterocycles. The number of ether oxygens (including phenoxy) is 2. The van der Waals surface area contributed by atoms with Gasteiger partial charge in [0.05, 0.1) is 28.4 Å². The van der Waals surface area contributed by atoms with Crippen molar-refractivity contribution in [3.63, 3.8) is 0 Å². The molecule has 0 aromatic heterocycles. The Hall–Kier alpha value is -3.71. The van der Waals surface area contributed by atoms with E-state index in [-0.39, 0.29) is 12.0 Å². The van der Waals surface area contributed by atoms with E-state index in [1.807, 2.05) is 57.3 Å². The second-order valence-corrected chi connectivity index (χ2v) is 10.3. The molecule has 192 valence electrons. The van der Waals surface area contributed by atoms with E-state index in [0.29, 0.717) is 53.6 Å². The molecule has 0 radical (unpaired) electrons. The number of hydrogen-bond donors (Lipinski definition) is 2. The van der Waals surface area contributed by atoms with Crippen molar-refractivity contribution in [2.75, 3.05) is 30.4 Å². The van der Waals surface area contributed by atoms with Gasteiger partial charge < -0.3 is 24.8 Å². The number of carbonyl (C=O) groups is 2. The Kier molecular flexibility index (Phi) is 6.50. The minimum atomic E-state index is -0.881. The molecule has 1 amide bonds. The zero-order valence-corrected chi connectivity index (χ0v) is 21.8. The van der Waals surface area contributed by atoms with E-state index in [0.717, 1.165) is 22.6 Å². The van der Waals surface area contributed by atoms with Gasteiger partial charge in [0, 0.05) is 12.6 Å². The molecule has 1 saturated carbocycles. The molecule has 1 fully saturated rings. The summed E-state index contributed by atoms with van der Waals surface area (Å²) in [6.45, 7) is 4.80. The molecule has 3 aromatic rings. The van der Waals surface area contributed by atoms with Gasteiger partial charge in [0.2, 0.25) is 0 Å². The number of aliphatic carboxylic acids is 1. The van der Waals surface area contributed by atoms with Crippen molar-refractivity contribution in [2.45, 2.75) is 38.2 Å². The molecule has 1 aliphatic carbocycles. The van der Waals surface area contributed by atoms with Crippen LogP contribution in [0.4, 0.5) is 11.4 Å². The molecule has 0 bridgehead atoms. The zero-order chi connectivity index (χ0) is 26.3. The van der Waals surface area contributed by atoms with E-state index in [1.54, 1.807) is 18.2 Å². The second-order valence-electron chi connectivity index (χ2n) is 9.87. The van der Waals surface area contributed by atoms with E-state index in [4.69, 9.17) is 21.1 Å². The highest BCUT2D eigenvalue weighted by Crippen LogP contribution is 2.49. The number of nitrogens with zero attached hydrogens (tertiary/aromatic N) is 1. The van der Waals surface area contributed by atoms with Crippen LogP contribution in [0.5, 0.6) is 11.5 Å². The molecule has 37 heavy (non-hydrogen) atoms. The van der Waals surface area contributed by atoms with Gasteiger partial charge >= 0.3 is 5.97 Å². The summed E-state index contributed by atoms with van der Waals surface area (Å²) in [4.78, 5) is 27.1. The minimum Gasteiger partial charge on any atom is -0.490 e. The number of para-hydroxylation sites is 2. The van der Waals surface area contributed by atoms with Crippen molar-refractivity contribution in [3.8, 4) is 11.5 Å². The maximum Gasteiger partial charge on any atom is 0.314 e. The predicted molar refractivity (Wildman–Crippen MR) is 143 cm³/mol. The van der Waals surface area contributed by atoms with E-state index < -0.39 is 11.4 Å². The lowest BCUT2D eigenvalue weighted by Crippen LogP contribution is -2.41. The average molecular weight is 521 g/mol. The van der Waals surface area contributed by atoms with Crippen molar-refractivity contribution < 1.29 is 24.2 Å².